The first kappa shape index (κ1) is 98.1. The lowest BCUT2D eigenvalue weighted by Gasteiger charge is -2.21. The Hall–Kier alpha value is -1.94. The van der Waals surface area contributed by atoms with Crippen LogP contribution in [-0.2, 0) is 65.4 Å². The van der Waals surface area contributed by atoms with Gasteiger partial charge in [-0.3, -0.25) is 37.3 Å². The van der Waals surface area contributed by atoms with E-state index in [9.17, 15) is 43.2 Å². The third-order valence-electron chi connectivity index (χ3n) is 19.3. The van der Waals surface area contributed by atoms with Crippen LogP contribution in [0.1, 0.15) is 427 Å². The van der Waals surface area contributed by atoms with Crippen LogP contribution in [0.15, 0.2) is 0 Å². The molecule has 19 heteroatoms. The molecule has 3 unspecified atom stereocenters. The highest BCUT2D eigenvalue weighted by molar-refractivity contribution is 7.47. The van der Waals surface area contributed by atoms with Gasteiger partial charge < -0.3 is 33.8 Å². The number of carbonyl (C=O) groups is 4. The first-order valence-electron chi connectivity index (χ1n) is 42.0. The van der Waals surface area contributed by atoms with Gasteiger partial charge in [-0.1, -0.05) is 375 Å². The number of aliphatic hydroxyl groups excluding tert-OH is 1. The molecule has 0 aliphatic rings. The Morgan fingerprint density at radius 2 is 0.510 bits per heavy atom. The number of carbonyl (C=O) groups excluding carboxylic acids is 4. The molecule has 0 fully saturated rings. The number of rotatable bonds is 80. The molecule has 0 aromatic rings. The lowest BCUT2D eigenvalue weighted by molar-refractivity contribution is -0.161. The lowest BCUT2D eigenvalue weighted by Crippen LogP contribution is -2.30. The minimum Gasteiger partial charge on any atom is -0.462 e. The number of phosphoric acid groups is 2. The van der Waals surface area contributed by atoms with Gasteiger partial charge in [-0.2, -0.15) is 0 Å². The van der Waals surface area contributed by atoms with Crippen molar-refractivity contribution in [1.29, 1.82) is 0 Å². The summed E-state index contributed by atoms with van der Waals surface area (Å²) in [6.45, 7) is 9.67. The van der Waals surface area contributed by atoms with Crippen LogP contribution in [0.3, 0.4) is 0 Å². The summed E-state index contributed by atoms with van der Waals surface area (Å²) in [4.78, 5) is 73.1. The van der Waals surface area contributed by atoms with Crippen LogP contribution < -0.4 is 0 Å². The summed E-state index contributed by atoms with van der Waals surface area (Å²) in [5.74, 6) is -0.519. The number of phosphoric ester groups is 2. The Labute approximate surface area is 613 Å². The van der Waals surface area contributed by atoms with Crippen molar-refractivity contribution in [1.82, 2.24) is 0 Å². The van der Waals surface area contributed by atoms with E-state index in [1.165, 1.54) is 244 Å². The van der Waals surface area contributed by atoms with E-state index in [-0.39, 0.29) is 25.7 Å². The fraction of sp³-hybridized carbons (Fsp3) is 0.951. The number of ether oxygens (including phenoxy) is 4. The smallest absolute Gasteiger partial charge is 0.462 e. The van der Waals surface area contributed by atoms with Gasteiger partial charge in [0.1, 0.15) is 19.3 Å². The molecule has 0 aromatic heterocycles. The second-order valence-corrected chi connectivity index (χ2v) is 32.8. The van der Waals surface area contributed by atoms with Crippen molar-refractivity contribution in [2.75, 3.05) is 39.6 Å². The molecule has 0 aliphatic heterocycles. The molecular weight excluding hydrogens is 1310 g/mol. The Morgan fingerprint density at radius 1 is 0.290 bits per heavy atom. The molecule has 3 N–H and O–H groups in total. The van der Waals surface area contributed by atoms with Crippen molar-refractivity contribution in [3.8, 4) is 0 Å². The van der Waals surface area contributed by atoms with Gasteiger partial charge in [-0.05, 0) is 37.5 Å². The van der Waals surface area contributed by atoms with E-state index in [4.69, 9.17) is 37.0 Å². The summed E-state index contributed by atoms with van der Waals surface area (Å²) in [5, 5.41) is 10.6. The second kappa shape index (κ2) is 72.6. The molecule has 0 aliphatic carbocycles. The van der Waals surface area contributed by atoms with Crippen molar-refractivity contribution in [3.05, 3.63) is 0 Å². The van der Waals surface area contributed by atoms with Crippen molar-refractivity contribution in [3.63, 3.8) is 0 Å². The zero-order chi connectivity index (χ0) is 73.5. The first-order chi connectivity index (χ1) is 48.4. The lowest BCUT2D eigenvalue weighted by atomic mass is 9.99. The van der Waals surface area contributed by atoms with E-state index < -0.39 is 97.5 Å². The molecule has 0 aromatic carbocycles. The van der Waals surface area contributed by atoms with Gasteiger partial charge in [0.15, 0.2) is 12.2 Å². The average molecular weight is 1470 g/mol. The summed E-state index contributed by atoms with van der Waals surface area (Å²) in [5.41, 5.74) is 0. The Bertz CT molecular complexity index is 1930. The SMILES string of the molecule is CCCCCCCCCCCCCCCCCCC(=O)OC[C@H](COP(=O)(O)OC[C@@H](O)COP(=O)(O)OC[C@@H](COC(=O)CCCCCCCCCCC(C)CC)OC(=O)CCCCCCCCCCCCCCC)OC(=O)CCCCCCCCCCCCCCCCCCC(C)C. The zero-order valence-corrected chi connectivity index (χ0v) is 67.3. The molecule has 0 saturated heterocycles. The Morgan fingerprint density at radius 3 is 0.760 bits per heavy atom. The molecular formula is C81H158O17P2. The van der Waals surface area contributed by atoms with Gasteiger partial charge in [-0.15, -0.1) is 0 Å². The van der Waals surface area contributed by atoms with Crippen LogP contribution in [0.4, 0.5) is 0 Å². The van der Waals surface area contributed by atoms with E-state index in [0.29, 0.717) is 25.7 Å². The van der Waals surface area contributed by atoms with Crippen molar-refractivity contribution < 1.29 is 80.2 Å². The maximum atomic E-state index is 13.1. The van der Waals surface area contributed by atoms with Gasteiger partial charge >= 0.3 is 39.5 Å². The van der Waals surface area contributed by atoms with E-state index in [2.05, 4.69) is 41.5 Å². The first-order valence-corrected chi connectivity index (χ1v) is 45.0. The number of hydrogen-bond donors (Lipinski definition) is 3. The molecule has 0 heterocycles. The van der Waals surface area contributed by atoms with E-state index >= 15 is 0 Å². The number of esters is 4. The summed E-state index contributed by atoms with van der Waals surface area (Å²) in [6.07, 6.45) is 62.3. The molecule has 0 spiro atoms. The van der Waals surface area contributed by atoms with Crippen LogP contribution in [0, 0.1) is 11.8 Å². The van der Waals surface area contributed by atoms with Crippen molar-refractivity contribution in [2.45, 2.75) is 445 Å². The third-order valence-corrected chi connectivity index (χ3v) is 21.2. The summed E-state index contributed by atoms with van der Waals surface area (Å²) < 4.78 is 68.7. The maximum Gasteiger partial charge on any atom is 0.472 e. The molecule has 100 heavy (non-hydrogen) atoms. The Balaban J connectivity index is 5.26. The van der Waals surface area contributed by atoms with Crippen molar-refractivity contribution >= 4 is 39.5 Å². The van der Waals surface area contributed by atoms with E-state index in [1.807, 2.05) is 0 Å². The zero-order valence-electron chi connectivity index (χ0n) is 65.5. The molecule has 594 valence electrons. The predicted molar refractivity (Wildman–Crippen MR) is 409 cm³/mol. The largest absolute Gasteiger partial charge is 0.472 e. The fourth-order valence-electron chi connectivity index (χ4n) is 12.5. The molecule has 17 nitrogen and oxygen atoms in total. The molecule has 0 radical (unpaired) electrons. The highest BCUT2D eigenvalue weighted by Gasteiger charge is 2.30. The van der Waals surface area contributed by atoms with Gasteiger partial charge in [0.25, 0.3) is 0 Å². The quantitative estimate of drug-likeness (QED) is 0.0222. The van der Waals surface area contributed by atoms with Crippen LogP contribution in [0.5, 0.6) is 0 Å². The van der Waals surface area contributed by atoms with Crippen molar-refractivity contribution in [2.24, 2.45) is 11.8 Å². The molecule has 0 rings (SSSR count). The average Bonchev–Trinajstić information content (AvgIpc) is 0.998. The highest BCUT2D eigenvalue weighted by Crippen LogP contribution is 2.45. The van der Waals surface area contributed by atoms with Gasteiger partial charge in [0.2, 0.25) is 0 Å². The maximum absolute atomic E-state index is 13.1. The standard InChI is InChI=1S/C81H158O17P2/c1-7-10-12-14-16-18-20-22-23-27-31-34-38-45-51-57-63-78(83)91-69-76(97-81(86)66-60-54-48-40-36-32-28-25-24-26-30-33-37-43-49-55-61-73(4)5)71-95-99(87,88)93-67-75(82)68-94-100(89,90)96-72-77(70-92-79(84)64-58-52-46-42-41-44-50-56-62-74(6)9-3)98-80(85)65-59-53-47-39-35-29-21-19-17-15-13-11-8-2/h73-77,82H,7-72H2,1-6H3,(H,87,88)(H,89,90)/t74?,75-,76-,77-/m1/s1. The summed E-state index contributed by atoms with van der Waals surface area (Å²) in [6, 6.07) is 0. The molecule has 6 atom stereocenters. The summed E-state index contributed by atoms with van der Waals surface area (Å²) in [7, 11) is -9.92. The number of hydrogen-bond acceptors (Lipinski definition) is 15. The minimum atomic E-state index is -4.96. The topological polar surface area (TPSA) is 237 Å². The normalized spacial score (nSPS) is 14.2. The van der Waals surface area contributed by atoms with Crippen LogP contribution in [0.2, 0.25) is 0 Å². The number of unbranched alkanes of at least 4 members (excludes halogenated alkanes) is 49. The van der Waals surface area contributed by atoms with Gasteiger partial charge in [0.05, 0.1) is 26.4 Å². The second-order valence-electron chi connectivity index (χ2n) is 29.9. The number of aliphatic hydroxyl groups is 1. The molecule has 0 bridgehead atoms. The van der Waals surface area contributed by atoms with Crippen LogP contribution in [-0.4, -0.2) is 96.7 Å². The van der Waals surface area contributed by atoms with Gasteiger partial charge in [-0.25, -0.2) is 9.13 Å². The molecule has 0 amide bonds. The highest BCUT2D eigenvalue weighted by atomic mass is 31.2. The molecule has 0 saturated carbocycles. The fourth-order valence-corrected chi connectivity index (χ4v) is 14.1. The van der Waals surface area contributed by atoms with Crippen LogP contribution in [0.25, 0.3) is 0 Å². The van der Waals surface area contributed by atoms with E-state index in [1.54, 1.807) is 0 Å². The minimum absolute atomic E-state index is 0.107. The predicted octanol–water partition coefficient (Wildman–Crippen LogP) is 24.3. The van der Waals surface area contributed by atoms with Gasteiger partial charge in [0, 0.05) is 25.7 Å². The van der Waals surface area contributed by atoms with E-state index in [0.717, 1.165) is 102 Å². The third kappa shape index (κ3) is 73.0. The monoisotopic (exact) mass is 1470 g/mol. The summed E-state index contributed by atoms with van der Waals surface area (Å²) >= 11 is 0. The van der Waals surface area contributed by atoms with Crippen LogP contribution >= 0.6 is 15.6 Å². The Kier molecular flexibility index (Phi) is 71.2.